The third kappa shape index (κ3) is 3.30. The Labute approximate surface area is 205 Å². The van der Waals surface area contributed by atoms with Gasteiger partial charge in [0.05, 0.1) is 30.1 Å². The molecule has 1 aromatic rings. The molecule has 4 aliphatic heterocycles. The van der Waals surface area contributed by atoms with Crippen molar-refractivity contribution >= 4 is 17.7 Å². The summed E-state index contributed by atoms with van der Waals surface area (Å²) in [6.45, 7) is 6.15. The number of likely N-dealkylation sites (N-methyl/N-ethyl adjacent to an activating group) is 1. The highest BCUT2D eigenvalue weighted by Crippen LogP contribution is 2.58. The van der Waals surface area contributed by atoms with E-state index in [2.05, 4.69) is 0 Å². The average molecular weight is 480 g/mol. The Morgan fingerprint density at radius 2 is 1.69 bits per heavy atom. The smallest absolute Gasteiger partial charge is 0.249 e. The van der Waals surface area contributed by atoms with Crippen molar-refractivity contribution in [3.63, 3.8) is 0 Å². The monoisotopic (exact) mass is 479 g/mol. The molecule has 8 heteroatoms. The van der Waals surface area contributed by atoms with E-state index >= 15 is 0 Å². The first kappa shape index (κ1) is 23.8. The lowest BCUT2D eigenvalue weighted by atomic mass is 9.74. The molecule has 1 N–H and O–H groups in total. The van der Waals surface area contributed by atoms with Crippen molar-refractivity contribution in [3.05, 3.63) is 60.2 Å². The second kappa shape index (κ2) is 8.31. The number of ether oxygens (including phenoxy) is 1. The zero-order valence-corrected chi connectivity index (χ0v) is 20.6. The molecule has 1 spiro atoms. The molecule has 2 fully saturated rings. The van der Waals surface area contributed by atoms with Gasteiger partial charge in [0, 0.05) is 26.2 Å². The Morgan fingerprint density at radius 1 is 1.00 bits per heavy atom. The van der Waals surface area contributed by atoms with Gasteiger partial charge >= 0.3 is 0 Å². The van der Waals surface area contributed by atoms with Crippen LogP contribution in [0.4, 0.5) is 0 Å². The molecule has 35 heavy (non-hydrogen) atoms. The van der Waals surface area contributed by atoms with Gasteiger partial charge in [0.2, 0.25) is 17.7 Å². The zero-order valence-electron chi connectivity index (χ0n) is 20.6. The van der Waals surface area contributed by atoms with E-state index < -0.39 is 35.1 Å². The van der Waals surface area contributed by atoms with E-state index in [1.807, 2.05) is 75.4 Å². The third-order valence-corrected chi connectivity index (χ3v) is 8.04. The fourth-order valence-electron chi connectivity index (χ4n) is 6.43. The minimum Gasteiger partial charge on any atom is -0.394 e. The highest BCUT2D eigenvalue weighted by molar-refractivity contribution is 6.00. The van der Waals surface area contributed by atoms with Crippen LogP contribution in [-0.4, -0.2) is 87.6 Å². The molecule has 4 heterocycles. The molecule has 0 radical (unpaired) electrons. The van der Waals surface area contributed by atoms with Gasteiger partial charge in [-0.15, -0.1) is 0 Å². The molecule has 6 atom stereocenters. The Kier molecular flexibility index (Phi) is 5.64. The molecular weight excluding hydrogens is 446 g/mol. The second-order valence-electron chi connectivity index (χ2n) is 10.5. The van der Waals surface area contributed by atoms with Crippen LogP contribution in [0.15, 0.2) is 54.6 Å². The van der Waals surface area contributed by atoms with E-state index in [-0.39, 0.29) is 30.4 Å². The number of carbonyl (C=O) groups is 3. The van der Waals surface area contributed by atoms with Crippen LogP contribution >= 0.6 is 0 Å². The number of likely N-dealkylation sites (tertiary alicyclic amines) is 1. The SMILES string of the molecule is CC(C)N1CC=C[C@]23O[C@@]4(C)C=CCN(C)C(=O)[C@H]4[C@H]2C(=O)N([C@H](CO)c2ccccc2)C3C1=O. The summed E-state index contributed by atoms with van der Waals surface area (Å²) in [7, 11) is 1.72. The summed E-state index contributed by atoms with van der Waals surface area (Å²) in [6.07, 6.45) is 7.46. The third-order valence-electron chi connectivity index (χ3n) is 8.04. The highest BCUT2D eigenvalue weighted by atomic mass is 16.5. The summed E-state index contributed by atoms with van der Waals surface area (Å²) in [4.78, 5) is 46.9. The fourth-order valence-corrected chi connectivity index (χ4v) is 6.43. The maximum atomic E-state index is 14.4. The molecule has 8 nitrogen and oxygen atoms in total. The van der Waals surface area contributed by atoms with Crippen molar-refractivity contribution in [2.24, 2.45) is 11.8 Å². The molecule has 0 aromatic heterocycles. The number of aliphatic hydroxyl groups is 1. The summed E-state index contributed by atoms with van der Waals surface area (Å²) < 4.78 is 6.76. The van der Waals surface area contributed by atoms with Gasteiger partial charge in [0.15, 0.2) is 0 Å². The van der Waals surface area contributed by atoms with Crippen molar-refractivity contribution in [1.82, 2.24) is 14.7 Å². The summed E-state index contributed by atoms with van der Waals surface area (Å²) in [6, 6.07) is 7.37. The summed E-state index contributed by atoms with van der Waals surface area (Å²) >= 11 is 0. The fraction of sp³-hybridized carbons (Fsp3) is 0.519. The van der Waals surface area contributed by atoms with Crippen LogP contribution in [0.2, 0.25) is 0 Å². The average Bonchev–Trinajstić information content (AvgIpc) is 3.10. The first-order valence-corrected chi connectivity index (χ1v) is 12.3. The molecular formula is C27H33N3O5. The number of aliphatic hydroxyl groups excluding tert-OH is 1. The highest BCUT2D eigenvalue weighted by Gasteiger charge is 2.75. The van der Waals surface area contributed by atoms with Gasteiger partial charge in [-0.1, -0.05) is 54.6 Å². The molecule has 2 saturated heterocycles. The maximum absolute atomic E-state index is 14.4. The van der Waals surface area contributed by atoms with E-state index in [9.17, 15) is 19.5 Å². The molecule has 5 rings (SSSR count). The molecule has 4 aliphatic rings. The van der Waals surface area contributed by atoms with Gasteiger partial charge in [-0.05, 0) is 26.3 Å². The van der Waals surface area contributed by atoms with Gasteiger partial charge in [0.1, 0.15) is 11.6 Å². The van der Waals surface area contributed by atoms with Crippen LogP contribution in [-0.2, 0) is 19.1 Å². The molecule has 0 saturated carbocycles. The van der Waals surface area contributed by atoms with Crippen LogP contribution in [0, 0.1) is 11.8 Å². The normalized spacial score (nSPS) is 35.2. The van der Waals surface area contributed by atoms with Crippen molar-refractivity contribution in [2.45, 2.75) is 50.1 Å². The number of nitrogens with zero attached hydrogens (tertiary/aromatic N) is 3. The topological polar surface area (TPSA) is 90.4 Å². The lowest BCUT2D eigenvalue weighted by molar-refractivity contribution is -0.156. The summed E-state index contributed by atoms with van der Waals surface area (Å²) in [5.74, 6) is -2.43. The first-order chi connectivity index (χ1) is 16.7. The largest absolute Gasteiger partial charge is 0.394 e. The van der Waals surface area contributed by atoms with Crippen molar-refractivity contribution in [2.75, 3.05) is 26.7 Å². The second-order valence-corrected chi connectivity index (χ2v) is 10.5. The number of hydrogen-bond donors (Lipinski definition) is 1. The number of amides is 3. The van der Waals surface area contributed by atoms with Crippen LogP contribution in [0.3, 0.4) is 0 Å². The standard InChI is InChI=1S/C27H33N3O5/c1-17(2)29-15-9-13-27-21(20-23(32)28(4)14-8-12-26(20,3)35-27)24(33)30(22(27)25(29)34)19(16-31)18-10-6-5-7-11-18/h5-13,17,19-22,31H,14-16H2,1-4H3/t19-,20-,21+,22?,26+,27+/m1/s1. The lowest BCUT2D eigenvalue weighted by Gasteiger charge is -2.40. The van der Waals surface area contributed by atoms with Gasteiger partial charge in [-0.25, -0.2) is 0 Å². The summed E-state index contributed by atoms with van der Waals surface area (Å²) in [5.41, 5.74) is -1.63. The molecule has 186 valence electrons. The van der Waals surface area contributed by atoms with E-state index in [0.717, 1.165) is 5.56 Å². The van der Waals surface area contributed by atoms with Crippen LogP contribution in [0.5, 0.6) is 0 Å². The number of benzene rings is 1. The van der Waals surface area contributed by atoms with Crippen molar-refractivity contribution in [3.8, 4) is 0 Å². The van der Waals surface area contributed by atoms with Crippen LogP contribution in [0.25, 0.3) is 0 Å². The summed E-state index contributed by atoms with van der Waals surface area (Å²) in [5, 5.41) is 10.5. The Morgan fingerprint density at radius 3 is 2.34 bits per heavy atom. The Bertz CT molecular complexity index is 1100. The van der Waals surface area contributed by atoms with E-state index in [0.29, 0.717) is 13.1 Å². The van der Waals surface area contributed by atoms with E-state index in [1.165, 1.54) is 4.90 Å². The number of hydrogen-bond acceptors (Lipinski definition) is 5. The van der Waals surface area contributed by atoms with Crippen LogP contribution < -0.4 is 0 Å². The van der Waals surface area contributed by atoms with Gasteiger partial charge in [-0.2, -0.15) is 0 Å². The number of fused-ring (bicyclic) bond motifs is 2. The van der Waals surface area contributed by atoms with E-state index in [1.54, 1.807) is 16.8 Å². The first-order valence-electron chi connectivity index (χ1n) is 12.3. The molecule has 1 unspecified atom stereocenters. The quantitative estimate of drug-likeness (QED) is 0.662. The van der Waals surface area contributed by atoms with Gasteiger partial charge in [0.25, 0.3) is 0 Å². The Hall–Kier alpha value is -2.97. The van der Waals surface area contributed by atoms with Crippen molar-refractivity contribution < 1.29 is 24.2 Å². The maximum Gasteiger partial charge on any atom is 0.249 e. The molecule has 1 aromatic carbocycles. The van der Waals surface area contributed by atoms with Gasteiger partial charge in [-0.3, -0.25) is 14.4 Å². The number of rotatable bonds is 4. The lowest BCUT2D eigenvalue weighted by Crippen LogP contribution is -2.57. The number of carbonyl (C=O) groups excluding carboxylic acids is 3. The molecule has 0 aliphatic carbocycles. The minimum absolute atomic E-state index is 0.0993. The van der Waals surface area contributed by atoms with E-state index in [4.69, 9.17) is 4.74 Å². The zero-order chi connectivity index (χ0) is 25.1. The Balaban J connectivity index is 1.72. The van der Waals surface area contributed by atoms with Crippen molar-refractivity contribution in [1.29, 1.82) is 0 Å². The molecule has 0 bridgehead atoms. The molecule has 3 amide bonds. The van der Waals surface area contributed by atoms with Gasteiger partial charge < -0.3 is 24.5 Å². The van der Waals surface area contributed by atoms with Crippen LogP contribution in [0.1, 0.15) is 32.4 Å². The predicted molar refractivity (Wildman–Crippen MR) is 129 cm³/mol. The minimum atomic E-state index is -1.32. The predicted octanol–water partition coefficient (Wildman–Crippen LogP) is 1.53.